The molecule has 0 radical (unpaired) electrons. The molecule has 0 saturated heterocycles. The molecular formula is C12H23N7O2. The molecule has 1 rings (SSSR count). The molecule has 0 fully saturated rings. The Bertz CT molecular complexity index is 453. The van der Waals surface area contributed by atoms with Crippen LogP contribution in [-0.4, -0.2) is 40.1 Å². The maximum Gasteiger partial charge on any atom is 0.323 e. The zero-order valence-corrected chi connectivity index (χ0v) is 12.6. The minimum Gasteiger partial charge on any atom is -0.463 e. The van der Waals surface area contributed by atoms with Crippen LogP contribution < -0.4 is 26.6 Å². The number of hydrazine groups is 1. The Hall–Kier alpha value is -2.16. The van der Waals surface area contributed by atoms with Gasteiger partial charge in [0.25, 0.3) is 0 Å². The summed E-state index contributed by atoms with van der Waals surface area (Å²) in [7, 11) is 0. The van der Waals surface area contributed by atoms with Crippen molar-refractivity contribution in [2.24, 2.45) is 5.84 Å². The molecule has 0 aromatic carbocycles. The number of hydrogen-bond donors (Lipinski definition) is 4. The number of carbonyl (C=O) groups is 1. The first-order valence-corrected chi connectivity index (χ1v) is 6.93. The van der Waals surface area contributed by atoms with Gasteiger partial charge in [0.15, 0.2) is 0 Å². The molecule has 0 unspecified atom stereocenters. The van der Waals surface area contributed by atoms with E-state index in [4.69, 9.17) is 10.6 Å². The van der Waals surface area contributed by atoms with Crippen molar-refractivity contribution in [2.75, 3.05) is 23.9 Å². The Morgan fingerprint density at radius 1 is 1.29 bits per heavy atom. The summed E-state index contributed by atoms with van der Waals surface area (Å²) >= 11 is 0. The number of amides is 1. The largest absolute Gasteiger partial charge is 0.463 e. The maximum atomic E-state index is 11.5. The molecule has 0 saturated carbocycles. The van der Waals surface area contributed by atoms with E-state index in [0.29, 0.717) is 25.5 Å². The molecule has 118 valence electrons. The summed E-state index contributed by atoms with van der Waals surface area (Å²) in [6, 6.07) is 0.311. The third kappa shape index (κ3) is 6.70. The molecular weight excluding hydrogens is 274 g/mol. The highest BCUT2D eigenvalue weighted by molar-refractivity contribution is 5.76. The predicted octanol–water partition coefficient (Wildman–Crippen LogP) is 0.273. The first kappa shape index (κ1) is 16.9. The minimum atomic E-state index is -0.0359. The Morgan fingerprint density at radius 3 is 2.62 bits per heavy atom. The van der Waals surface area contributed by atoms with E-state index in [1.165, 1.54) is 0 Å². The van der Waals surface area contributed by atoms with E-state index in [2.05, 4.69) is 31.0 Å². The Kier molecular flexibility index (Phi) is 7.16. The third-order valence-corrected chi connectivity index (χ3v) is 2.26. The fourth-order valence-corrected chi connectivity index (χ4v) is 1.44. The smallest absolute Gasteiger partial charge is 0.323 e. The number of ether oxygens (including phenoxy) is 1. The van der Waals surface area contributed by atoms with Gasteiger partial charge in [-0.3, -0.25) is 10.2 Å². The highest BCUT2D eigenvalue weighted by atomic mass is 16.5. The molecule has 5 N–H and O–H groups in total. The molecule has 1 heterocycles. The summed E-state index contributed by atoms with van der Waals surface area (Å²) in [6.45, 7) is 6.71. The molecule has 1 amide bonds. The van der Waals surface area contributed by atoms with E-state index in [-0.39, 0.29) is 23.9 Å². The second kappa shape index (κ2) is 8.90. The fraction of sp³-hybridized carbons (Fsp3) is 0.667. The van der Waals surface area contributed by atoms with Crippen molar-refractivity contribution >= 4 is 17.8 Å². The van der Waals surface area contributed by atoms with Crippen LogP contribution in [0.5, 0.6) is 6.01 Å². The normalized spacial score (nSPS) is 10.3. The van der Waals surface area contributed by atoms with Crippen molar-refractivity contribution in [1.82, 2.24) is 20.3 Å². The molecule has 0 bridgehead atoms. The summed E-state index contributed by atoms with van der Waals surface area (Å²) in [6.07, 6.45) is 1.16. The molecule has 9 nitrogen and oxygen atoms in total. The molecule has 1 aromatic heterocycles. The number of rotatable bonds is 9. The minimum absolute atomic E-state index is 0.0359. The fourth-order valence-electron chi connectivity index (χ4n) is 1.44. The number of nitrogens with zero attached hydrogens (tertiary/aromatic N) is 3. The Labute approximate surface area is 124 Å². The van der Waals surface area contributed by atoms with Gasteiger partial charge in [0, 0.05) is 19.0 Å². The second-order valence-corrected chi connectivity index (χ2v) is 4.66. The lowest BCUT2D eigenvalue weighted by atomic mass is 10.3. The number of nitrogen functional groups attached to an aromatic ring is 1. The highest BCUT2D eigenvalue weighted by Gasteiger charge is 2.08. The van der Waals surface area contributed by atoms with Crippen LogP contribution in [0.25, 0.3) is 0 Å². The number of anilines is 2. The van der Waals surface area contributed by atoms with Crippen molar-refractivity contribution < 1.29 is 9.53 Å². The van der Waals surface area contributed by atoms with Crippen molar-refractivity contribution in [2.45, 2.75) is 39.7 Å². The van der Waals surface area contributed by atoms with Gasteiger partial charge in [-0.1, -0.05) is 6.92 Å². The molecule has 0 aliphatic carbocycles. The van der Waals surface area contributed by atoms with Gasteiger partial charge in [-0.15, -0.1) is 0 Å². The van der Waals surface area contributed by atoms with Crippen LogP contribution in [0.3, 0.4) is 0 Å². The van der Waals surface area contributed by atoms with Crippen LogP contribution in [0, 0.1) is 0 Å². The highest BCUT2D eigenvalue weighted by Crippen LogP contribution is 2.10. The average molecular weight is 297 g/mol. The first-order chi connectivity index (χ1) is 10.0. The lowest BCUT2D eigenvalue weighted by Crippen LogP contribution is -2.31. The van der Waals surface area contributed by atoms with Crippen LogP contribution in [0.4, 0.5) is 11.9 Å². The van der Waals surface area contributed by atoms with Gasteiger partial charge in [-0.05, 0) is 20.3 Å². The molecule has 0 atom stereocenters. The molecule has 9 heteroatoms. The van der Waals surface area contributed by atoms with Crippen molar-refractivity contribution in [3.8, 4) is 6.01 Å². The van der Waals surface area contributed by atoms with E-state index in [1.54, 1.807) is 0 Å². The topological polar surface area (TPSA) is 127 Å². The van der Waals surface area contributed by atoms with Crippen LogP contribution in [-0.2, 0) is 4.79 Å². The van der Waals surface area contributed by atoms with Crippen molar-refractivity contribution in [3.05, 3.63) is 0 Å². The average Bonchev–Trinajstić information content (AvgIpc) is 2.44. The summed E-state index contributed by atoms with van der Waals surface area (Å²) in [5, 5.41) is 5.74. The Balaban J connectivity index is 2.55. The van der Waals surface area contributed by atoms with Crippen LogP contribution >= 0.6 is 0 Å². The van der Waals surface area contributed by atoms with Crippen LogP contribution in [0.1, 0.15) is 33.6 Å². The predicted molar refractivity (Wildman–Crippen MR) is 79.8 cm³/mol. The number of hydrogen-bond acceptors (Lipinski definition) is 8. The molecule has 0 aliphatic heterocycles. The molecule has 0 spiro atoms. The van der Waals surface area contributed by atoms with Crippen molar-refractivity contribution in [1.29, 1.82) is 0 Å². The lowest BCUT2D eigenvalue weighted by molar-refractivity contribution is -0.121. The van der Waals surface area contributed by atoms with Gasteiger partial charge >= 0.3 is 6.01 Å². The maximum absolute atomic E-state index is 11.5. The lowest BCUT2D eigenvalue weighted by Gasteiger charge is -2.10. The molecule has 0 aliphatic rings. The van der Waals surface area contributed by atoms with Gasteiger partial charge in [0.1, 0.15) is 0 Å². The van der Waals surface area contributed by atoms with E-state index < -0.39 is 0 Å². The zero-order chi connectivity index (χ0) is 15.7. The summed E-state index contributed by atoms with van der Waals surface area (Å²) < 4.78 is 5.34. The van der Waals surface area contributed by atoms with Gasteiger partial charge in [0.2, 0.25) is 17.8 Å². The monoisotopic (exact) mass is 297 g/mol. The second-order valence-electron chi connectivity index (χ2n) is 4.66. The van der Waals surface area contributed by atoms with E-state index in [0.717, 1.165) is 6.42 Å². The standard InChI is InChI=1S/C12H23N7O2/c1-4-7-21-12-17-10(16-11(18-12)19-13)14-6-5-9(20)15-8(2)3/h8H,4-7,13H2,1-3H3,(H,15,20)(H2,14,16,17,18,19). The van der Waals surface area contributed by atoms with E-state index in [9.17, 15) is 4.79 Å². The number of nitrogens with one attached hydrogen (secondary N) is 3. The van der Waals surface area contributed by atoms with Gasteiger partial charge in [-0.25, -0.2) is 5.84 Å². The quantitative estimate of drug-likeness (QED) is 0.378. The Morgan fingerprint density at radius 2 is 2.00 bits per heavy atom. The first-order valence-electron chi connectivity index (χ1n) is 6.93. The summed E-state index contributed by atoms with van der Waals surface area (Å²) in [5.74, 6) is 5.77. The molecule has 1 aromatic rings. The number of nitrogens with two attached hydrogens (primary N) is 1. The van der Waals surface area contributed by atoms with Gasteiger partial charge in [-0.2, -0.15) is 15.0 Å². The third-order valence-electron chi connectivity index (χ3n) is 2.26. The summed E-state index contributed by atoms with van der Waals surface area (Å²) in [5.41, 5.74) is 2.35. The van der Waals surface area contributed by atoms with E-state index >= 15 is 0 Å². The zero-order valence-electron chi connectivity index (χ0n) is 12.6. The van der Waals surface area contributed by atoms with E-state index in [1.807, 2.05) is 20.8 Å². The number of aromatic nitrogens is 3. The van der Waals surface area contributed by atoms with Crippen molar-refractivity contribution in [3.63, 3.8) is 0 Å². The summed E-state index contributed by atoms with van der Waals surface area (Å²) in [4.78, 5) is 23.6. The molecule has 21 heavy (non-hydrogen) atoms. The van der Waals surface area contributed by atoms with Gasteiger partial charge in [0.05, 0.1) is 6.61 Å². The SMILES string of the molecule is CCCOc1nc(NN)nc(NCCC(=O)NC(C)C)n1. The number of carbonyl (C=O) groups excluding carboxylic acids is 1. The van der Waals surface area contributed by atoms with Gasteiger partial charge < -0.3 is 15.4 Å². The van der Waals surface area contributed by atoms with Crippen LogP contribution in [0.15, 0.2) is 0 Å². The van der Waals surface area contributed by atoms with Crippen LogP contribution in [0.2, 0.25) is 0 Å².